The summed E-state index contributed by atoms with van der Waals surface area (Å²) >= 11 is 12.1. The number of halogens is 2. The number of ether oxygens (including phenoxy) is 1. The summed E-state index contributed by atoms with van der Waals surface area (Å²) in [6, 6.07) is 21.0. The molecule has 3 aromatic carbocycles. The summed E-state index contributed by atoms with van der Waals surface area (Å²) in [5.74, 6) is 0.205. The van der Waals surface area contributed by atoms with Crippen molar-refractivity contribution in [2.45, 2.75) is 6.61 Å². The average Bonchev–Trinajstić information content (AvgIpc) is 3.13. The molecule has 0 saturated carbocycles. The van der Waals surface area contributed by atoms with E-state index in [2.05, 4.69) is 15.5 Å². The SMILES string of the molecule is O=C(COCc1ccccc1)Nc1n[nH]c2cc(-c3ccc(Cl)c(Cl)c3)ccc12. The van der Waals surface area contributed by atoms with E-state index in [4.69, 9.17) is 27.9 Å². The molecule has 5 nitrogen and oxygen atoms in total. The average molecular weight is 426 g/mol. The molecule has 4 aromatic rings. The molecule has 0 atom stereocenters. The van der Waals surface area contributed by atoms with Crippen molar-refractivity contribution in [1.29, 1.82) is 0 Å². The zero-order chi connectivity index (χ0) is 20.2. The van der Waals surface area contributed by atoms with Crippen LogP contribution in [0.3, 0.4) is 0 Å². The maximum atomic E-state index is 12.2. The van der Waals surface area contributed by atoms with Crippen LogP contribution in [0, 0.1) is 0 Å². The highest BCUT2D eigenvalue weighted by molar-refractivity contribution is 6.42. The molecule has 1 heterocycles. The number of aromatic nitrogens is 2. The monoisotopic (exact) mass is 425 g/mol. The quantitative estimate of drug-likeness (QED) is 0.416. The van der Waals surface area contributed by atoms with Crippen molar-refractivity contribution in [2.24, 2.45) is 0 Å². The third kappa shape index (κ3) is 4.59. The van der Waals surface area contributed by atoms with Crippen LogP contribution in [0.4, 0.5) is 5.82 Å². The normalized spacial score (nSPS) is 11.0. The van der Waals surface area contributed by atoms with E-state index in [9.17, 15) is 4.79 Å². The number of hydrogen-bond donors (Lipinski definition) is 2. The molecule has 146 valence electrons. The Balaban J connectivity index is 1.43. The predicted octanol–water partition coefficient (Wildman–Crippen LogP) is 5.69. The van der Waals surface area contributed by atoms with Gasteiger partial charge in [-0.3, -0.25) is 9.89 Å². The lowest BCUT2D eigenvalue weighted by Crippen LogP contribution is -2.18. The second kappa shape index (κ2) is 8.66. The minimum atomic E-state index is -0.261. The summed E-state index contributed by atoms with van der Waals surface area (Å²) in [5, 5.41) is 11.8. The first kappa shape index (κ1) is 19.5. The molecule has 0 radical (unpaired) electrons. The van der Waals surface area contributed by atoms with E-state index in [1.165, 1.54) is 0 Å². The Morgan fingerprint density at radius 1 is 0.966 bits per heavy atom. The summed E-state index contributed by atoms with van der Waals surface area (Å²) in [5.41, 5.74) is 3.72. The van der Waals surface area contributed by atoms with E-state index in [1.807, 2.05) is 60.7 Å². The van der Waals surface area contributed by atoms with Crippen LogP contribution in [-0.4, -0.2) is 22.7 Å². The number of carbonyl (C=O) groups excluding carboxylic acids is 1. The van der Waals surface area contributed by atoms with Gasteiger partial charge in [0.1, 0.15) is 6.61 Å². The fraction of sp³-hybridized carbons (Fsp3) is 0.0909. The molecule has 29 heavy (non-hydrogen) atoms. The molecule has 0 aliphatic carbocycles. The Kier molecular flexibility index (Phi) is 5.81. The summed E-state index contributed by atoms with van der Waals surface area (Å²) < 4.78 is 5.47. The third-order valence-corrected chi connectivity index (χ3v) is 5.16. The van der Waals surface area contributed by atoms with Crippen LogP contribution in [0.25, 0.3) is 22.0 Å². The Morgan fingerprint density at radius 2 is 1.72 bits per heavy atom. The molecule has 0 spiro atoms. The summed E-state index contributed by atoms with van der Waals surface area (Å²) in [4.78, 5) is 12.2. The molecular weight excluding hydrogens is 409 g/mol. The van der Waals surface area contributed by atoms with E-state index in [-0.39, 0.29) is 12.5 Å². The largest absolute Gasteiger partial charge is 0.367 e. The van der Waals surface area contributed by atoms with Crippen LogP contribution in [0.15, 0.2) is 66.7 Å². The van der Waals surface area contributed by atoms with Gasteiger partial charge in [0.25, 0.3) is 5.91 Å². The van der Waals surface area contributed by atoms with Crippen LogP contribution in [0.2, 0.25) is 10.0 Å². The highest BCUT2D eigenvalue weighted by Crippen LogP contribution is 2.31. The number of aromatic amines is 1. The number of H-pyrrole nitrogens is 1. The van der Waals surface area contributed by atoms with Crippen molar-refractivity contribution < 1.29 is 9.53 Å². The molecule has 4 rings (SSSR count). The van der Waals surface area contributed by atoms with Gasteiger partial charge in [0.2, 0.25) is 0 Å². The molecule has 0 unspecified atom stereocenters. The molecule has 1 amide bonds. The smallest absolute Gasteiger partial charge is 0.251 e. The molecule has 0 saturated heterocycles. The molecule has 0 aliphatic rings. The fourth-order valence-electron chi connectivity index (χ4n) is 2.97. The molecule has 0 aliphatic heterocycles. The number of hydrogen-bond acceptors (Lipinski definition) is 3. The van der Waals surface area contributed by atoms with Crippen LogP contribution in [0.5, 0.6) is 0 Å². The number of nitrogens with one attached hydrogen (secondary N) is 2. The van der Waals surface area contributed by atoms with Gasteiger partial charge < -0.3 is 10.1 Å². The first-order chi connectivity index (χ1) is 14.1. The number of nitrogens with zero attached hydrogens (tertiary/aromatic N) is 1. The first-order valence-electron chi connectivity index (χ1n) is 8.95. The van der Waals surface area contributed by atoms with Crippen LogP contribution in [0.1, 0.15) is 5.56 Å². The maximum absolute atomic E-state index is 12.2. The summed E-state index contributed by atoms with van der Waals surface area (Å²) in [6.07, 6.45) is 0. The number of benzene rings is 3. The van der Waals surface area contributed by atoms with Gasteiger partial charge in [-0.15, -0.1) is 0 Å². The number of rotatable bonds is 6. The highest BCUT2D eigenvalue weighted by Gasteiger charge is 2.11. The van der Waals surface area contributed by atoms with Gasteiger partial charge in [0.05, 0.1) is 22.2 Å². The van der Waals surface area contributed by atoms with E-state index >= 15 is 0 Å². The molecule has 0 bridgehead atoms. The van der Waals surface area contributed by atoms with Crippen LogP contribution >= 0.6 is 23.2 Å². The van der Waals surface area contributed by atoms with Crippen molar-refractivity contribution in [3.63, 3.8) is 0 Å². The minimum absolute atomic E-state index is 0.0510. The van der Waals surface area contributed by atoms with Crippen molar-refractivity contribution in [2.75, 3.05) is 11.9 Å². The van der Waals surface area contributed by atoms with Gasteiger partial charge in [0, 0.05) is 5.39 Å². The van der Waals surface area contributed by atoms with Crippen molar-refractivity contribution in [1.82, 2.24) is 10.2 Å². The standard InChI is InChI=1S/C22H17Cl2N3O2/c23-18-9-7-15(10-19(18)24)16-6-8-17-20(11-16)26-27-22(17)25-21(28)13-29-12-14-4-2-1-3-5-14/h1-11H,12-13H2,(H2,25,26,27,28). The van der Waals surface area contributed by atoms with Gasteiger partial charge in [-0.05, 0) is 41.0 Å². The topological polar surface area (TPSA) is 67.0 Å². The zero-order valence-corrected chi connectivity index (χ0v) is 16.8. The van der Waals surface area contributed by atoms with Crippen molar-refractivity contribution >= 4 is 45.8 Å². The lowest BCUT2D eigenvalue weighted by molar-refractivity contribution is -0.121. The van der Waals surface area contributed by atoms with Gasteiger partial charge in [0.15, 0.2) is 5.82 Å². The van der Waals surface area contributed by atoms with E-state index in [0.29, 0.717) is 22.5 Å². The van der Waals surface area contributed by atoms with Crippen molar-refractivity contribution in [3.8, 4) is 11.1 Å². The minimum Gasteiger partial charge on any atom is -0.367 e. The fourth-order valence-corrected chi connectivity index (χ4v) is 3.27. The van der Waals surface area contributed by atoms with Crippen LogP contribution in [-0.2, 0) is 16.1 Å². The number of amides is 1. The molecule has 7 heteroatoms. The molecule has 1 aromatic heterocycles. The second-order valence-electron chi connectivity index (χ2n) is 6.49. The lowest BCUT2D eigenvalue weighted by atomic mass is 10.0. The third-order valence-electron chi connectivity index (χ3n) is 4.42. The van der Waals surface area contributed by atoms with E-state index in [0.717, 1.165) is 27.6 Å². The number of fused-ring (bicyclic) bond motifs is 1. The molecule has 2 N–H and O–H groups in total. The molecule has 0 fully saturated rings. The van der Waals surface area contributed by atoms with Gasteiger partial charge in [-0.2, -0.15) is 5.10 Å². The highest BCUT2D eigenvalue weighted by atomic mass is 35.5. The Labute approximate surface area is 177 Å². The Bertz CT molecular complexity index is 1160. The lowest BCUT2D eigenvalue weighted by Gasteiger charge is -2.06. The van der Waals surface area contributed by atoms with Gasteiger partial charge in [-0.1, -0.05) is 65.7 Å². The predicted molar refractivity (Wildman–Crippen MR) is 116 cm³/mol. The number of carbonyl (C=O) groups is 1. The van der Waals surface area contributed by atoms with Crippen LogP contribution < -0.4 is 5.32 Å². The van der Waals surface area contributed by atoms with Crippen molar-refractivity contribution in [3.05, 3.63) is 82.3 Å². The molecular formula is C22H17Cl2N3O2. The Morgan fingerprint density at radius 3 is 2.52 bits per heavy atom. The summed E-state index contributed by atoms with van der Waals surface area (Å²) in [6.45, 7) is 0.327. The summed E-state index contributed by atoms with van der Waals surface area (Å²) in [7, 11) is 0. The zero-order valence-electron chi connectivity index (χ0n) is 15.3. The number of anilines is 1. The van der Waals surface area contributed by atoms with E-state index < -0.39 is 0 Å². The Hall–Kier alpha value is -2.86. The maximum Gasteiger partial charge on any atom is 0.251 e. The van der Waals surface area contributed by atoms with Gasteiger partial charge in [-0.25, -0.2) is 0 Å². The van der Waals surface area contributed by atoms with Gasteiger partial charge >= 0.3 is 0 Å². The first-order valence-corrected chi connectivity index (χ1v) is 9.71. The van der Waals surface area contributed by atoms with E-state index in [1.54, 1.807) is 6.07 Å². The second-order valence-corrected chi connectivity index (χ2v) is 7.30.